The van der Waals surface area contributed by atoms with Gasteiger partial charge in [-0.2, -0.15) is 0 Å². The molecule has 0 aliphatic carbocycles. The van der Waals surface area contributed by atoms with E-state index in [9.17, 15) is 19.2 Å². The minimum Gasteiger partial charge on any atom is -0.480 e. The van der Waals surface area contributed by atoms with Crippen molar-refractivity contribution in [2.24, 2.45) is 11.5 Å². The Kier molecular flexibility index (Phi) is 7.07. The van der Waals surface area contributed by atoms with Crippen molar-refractivity contribution in [2.75, 3.05) is 13.2 Å². The third-order valence-corrected chi connectivity index (χ3v) is 2.00. The van der Waals surface area contributed by atoms with Crippen LogP contribution in [-0.4, -0.2) is 59.1 Å². The molecule has 0 aliphatic heterocycles. The maximum Gasteiger partial charge on any atom is 0.328 e. The zero-order chi connectivity index (χ0) is 15.0. The molecule has 0 rings (SSSR count). The third-order valence-electron chi connectivity index (χ3n) is 2.00. The molecule has 0 saturated carbocycles. The van der Waals surface area contributed by atoms with E-state index in [0.717, 1.165) is 0 Å². The first-order valence-electron chi connectivity index (χ1n) is 5.22. The third kappa shape index (κ3) is 6.95. The van der Waals surface area contributed by atoms with Crippen molar-refractivity contribution in [2.45, 2.75) is 18.5 Å². The minimum absolute atomic E-state index is 0.373. The van der Waals surface area contributed by atoms with Crippen LogP contribution in [0.5, 0.6) is 0 Å². The maximum absolute atomic E-state index is 11.3. The molecule has 2 unspecified atom stereocenters. The molecular weight excluding hydrogens is 260 g/mol. The number of aliphatic hydroxyl groups excluding tert-OH is 1. The molecule has 0 aromatic heterocycles. The molecule has 0 aliphatic rings. The lowest BCUT2D eigenvalue weighted by Crippen LogP contribution is -2.50. The lowest BCUT2D eigenvalue weighted by Gasteiger charge is -2.13. The van der Waals surface area contributed by atoms with E-state index < -0.39 is 48.9 Å². The number of hydrogen-bond acceptors (Lipinski definition) is 6. The van der Waals surface area contributed by atoms with Gasteiger partial charge < -0.3 is 32.3 Å². The van der Waals surface area contributed by atoms with Crippen molar-refractivity contribution in [3.05, 3.63) is 0 Å². The molecule has 10 heteroatoms. The maximum atomic E-state index is 11.3. The van der Waals surface area contributed by atoms with Gasteiger partial charge in [0.1, 0.15) is 6.04 Å². The fourth-order valence-corrected chi connectivity index (χ4v) is 1.04. The largest absolute Gasteiger partial charge is 0.480 e. The van der Waals surface area contributed by atoms with Crippen molar-refractivity contribution in [1.29, 1.82) is 0 Å². The number of carboxylic acid groups (broad SMARTS) is 1. The molecule has 8 N–H and O–H groups in total. The minimum atomic E-state index is -1.45. The van der Waals surface area contributed by atoms with Crippen LogP contribution in [0.3, 0.4) is 0 Å². The predicted molar refractivity (Wildman–Crippen MR) is 61.4 cm³/mol. The summed E-state index contributed by atoms with van der Waals surface area (Å²) in [6.45, 7) is -1.31. The summed E-state index contributed by atoms with van der Waals surface area (Å²) in [6.07, 6.45) is -0.373. The van der Waals surface area contributed by atoms with Crippen molar-refractivity contribution in [1.82, 2.24) is 10.6 Å². The molecule has 3 amide bonds. The van der Waals surface area contributed by atoms with Gasteiger partial charge in [-0.25, -0.2) is 4.79 Å². The molecule has 108 valence electrons. The van der Waals surface area contributed by atoms with Crippen molar-refractivity contribution >= 4 is 23.7 Å². The number of nitrogens with two attached hydrogens (primary N) is 2. The lowest BCUT2D eigenvalue weighted by molar-refractivity contribution is -0.142. The van der Waals surface area contributed by atoms with E-state index in [1.807, 2.05) is 5.32 Å². The Bertz CT molecular complexity index is 372. The van der Waals surface area contributed by atoms with E-state index in [0.29, 0.717) is 0 Å². The van der Waals surface area contributed by atoms with Crippen LogP contribution in [0.1, 0.15) is 6.42 Å². The molecule has 0 radical (unpaired) electrons. The Morgan fingerprint density at radius 3 is 2.21 bits per heavy atom. The molecular formula is C9H16N4O6. The summed E-state index contributed by atoms with van der Waals surface area (Å²) >= 11 is 0. The van der Waals surface area contributed by atoms with Gasteiger partial charge in [0.2, 0.25) is 17.7 Å². The van der Waals surface area contributed by atoms with E-state index in [-0.39, 0.29) is 6.42 Å². The van der Waals surface area contributed by atoms with Gasteiger partial charge in [-0.05, 0) is 0 Å². The van der Waals surface area contributed by atoms with E-state index in [1.165, 1.54) is 0 Å². The second-order valence-corrected chi connectivity index (χ2v) is 3.64. The number of nitrogens with one attached hydrogen (secondary N) is 2. The number of hydrogen-bond donors (Lipinski definition) is 6. The standard InChI is InChI=1S/C9H16N4O6/c10-4(1-6(11)15)8(17)12-2-7(16)13-5(3-14)9(18)19/h4-5,14H,1-3,10H2,(H2,11,15)(H,12,17)(H,13,16)(H,18,19). The van der Waals surface area contributed by atoms with Gasteiger partial charge in [0.05, 0.1) is 25.6 Å². The van der Waals surface area contributed by atoms with E-state index >= 15 is 0 Å². The lowest BCUT2D eigenvalue weighted by atomic mass is 10.2. The van der Waals surface area contributed by atoms with Crippen LogP contribution in [0.15, 0.2) is 0 Å². The highest BCUT2D eigenvalue weighted by Gasteiger charge is 2.20. The number of rotatable bonds is 8. The van der Waals surface area contributed by atoms with Crippen LogP contribution < -0.4 is 22.1 Å². The quantitative estimate of drug-likeness (QED) is 0.260. The van der Waals surface area contributed by atoms with Crippen LogP contribution in [0.2, 0.25) is 0 Å². The normalized spacial score (nSPS) is 13.2. The Balaban J connectivity index is 4.12. The Labute approximate surface area is 108 Å². The van der Waals surface area contributed by atoms with Gasteiger partial charge in [0, 0.05) is 0 Å². The van der Waals surface area contributed by atoms with Gasteiger partial charge in [0.25, 0.3) is 0 Å². The number of aliphatic hydroxyl groups is 1. The fraction of sp³-hybridized carbons (Fsp3) is 0.556. The smallest absolute Gasteiger partial charge is 0.328 e. The number of carbonyl (C=O) groups excluding carboxylic acids is 3. The van der Waals surface area contributed by atoms with Crippen LogP contribution in [0, 0.1) is 0 Å². The first-order valence-corrected chi connectivity index (χ1v) is 5.22. The molecule has 2 atom stereocenters. The zero-order valence-corrected chi connectivity index (χ0v) is 9.96. The average molecular weight is 276 g/mol. The second kappa shape index (κ2) is 8.00. The van der Waals surface area contributed by atoms with Gasteiger partial charge >= 0.3 is 5.97 Å². The molecule has 0 saturated heterocycles. The zero-order valence-electron chi connectivity index (χ0n) is 9.96. The van der Waals surface area contributed by atoms with Gasteiger partial charge in [-0.3, -0.25) is 14.4 Å². The number of amides is 3. The van der Waals surface area contributed by atoms with E-state index in [2.05, 4.69) is 5.32 Å². The summed E-state index contributed by atoms with van der Waals surface area (Å²) in [5.41, 5.74) is 10.1. The molecule has 0 aromatic rings. The second-order valence-electron chi connectivity index (χ2n) is 3.64. The molecule has 0 bridgehead atoms. The number of primary amides is 1. The van der Waals surface area contributed by atoms with Gasteiger partial charge in [0.15, 0.2) is 0 Å². The van der Waals surface area contributed by atoms with Crippen LogP contribution in [-0.2, 0) is 19.2 Å². The SMILES string of the molecule is NC(=O)CC(N)C(=O)NCC(=O)NC(CO)C(=O)O. The average Bonchev–Trinajstić information content (AvgIpc) is 2.31. The molecule has 0 spiro atoms. The van der Waals surface area contributed by atoms with Crippen molar-refractivity contribution < 1.29 is 29.4 Å². The van der Waals surface area contributed by atoms with Crippen molar-refractivity contribution in [3.63, 3.8) is 0 Å². The highest BCUT2D eigenvalue weighted by Crippen LogP contribution is 1.87. The van der Waals surface area contributed by atoms with Crippen molar-refractivity contribution in [3.8, 4) is 0 Å². The summed E-state index contributed by atoms with van der Waals surface area (Å²) in [4.78, 5) is 43.5. The summed E-state index contributed by atoms with van der Waals surface area (Å²) < 4.78 is 0. The molecule has 0 heterocycles. The Morgan fingerprint density at radius 1 is 1.21 bits per heavy atom. The first-order chi connectivity index (χ1) is 8.77. The van der Waals surface area contributed by atoms with Gasteiger partial charge in [-0.1, -0.05) is 0 Å². The summed E-state index contributed by atoms with van der Waals surface area (Å²) in [5.74, 6) is -3.77. The molecule has 10 nitrogen and oxygen atoms in total. The topological polar surface area (TPSA) is 185 Å². The molecule has 19 heavy (non-hydrogen) atoms. The highest BCUT2D eigenvalue weighted by molar-refractivity contribution is 5.91. The number of carbonyl (C=O) groups is 4. The van der Waals surface area contributed by atoms with Crippen LogP contribution in [0.4, 0.5) is 0 Å². The summed E-state index contributed by atoms with van der Waals surface area (Å²) in [7, 11) is 0. The van der Waals surface area contributed by atoms with Crippen LogP contribution in [0.25, 0.3) is 0 Å². The summed E-state index contributed by atoms with van der Waals surface area (Å²) in [5, 5.41) is 21.3. The number of carboxylic acids is 1. The summed E-state index contributed by atoms with van der Waals surface area (Å²) in [6, 6.07) is -2.64. The highest BCUT2D eigenvalue weighted by atomic mass is 16.4. The van der Waals surface area contributed by atoms with E-state index in [4.69, 9.17) is 21.7 Å². The predicted octanol–water partition coefficient (Wildman–Crippen LogP) is -4.13. The van der Waals surface area contributed by atoms with Crippen LogP contribution >= 0.6 is 0 Å². The molecule has 0 aromatic carbocycles. The monoisotopic (exact) mass is 276 g/mol. The first kappa shape index (κ1) is 16.8. The Morgan fingerprint density at radius 2 is 1.79 bits per heavy atom. The fourth-order valence-electron chi connectivity index (χ4n) is 1.04. The Hall–Kier alpha value is -2.20. The van der Waals surface area contributed by atoms with E-state index in [1.54, 1.807) is 0 Å². The van der Waals surface area contributed by atoms with Gasteiger partial charge in [-0.15, -0.1) is 0 Å². The number of aliphatic carboxylic acids is 1. The molecule has 0 fully saturated rings.